The van der Waals surface area contributed by atoms with Crippen molar-refractivity contribution in [2.24, 2.45) is 5.73 Å². The van der Waals surface area contributed by atoms with Crippen molar-refractivity contribution in [3.63, 3.8) is 0 Å². The Morgan fingerprint density at radius 2 is 2.00 bits per heavy atom. The number of ketones is 1. The van der Waals surface area contributed by atoms with Crippen LogP contribution in [0.3, 0.4) is 0 Å². The minimum absolute atomic E-state index is 0.0346. The van der Waals surface area contributed by atoms with Crippen molar-refractivity contribution in [3.05, 3.63) is 12.4 Å². The van der Waals surface area contributed by atoms with E-state index in [1.807, 2.05) is 0 Å². The van der Waals surface area contributed by atoms with E-state index < -0.39 is 11.7 Å². The fourth-order valence-electron chi connectivity index (χ4n) is 0.139. The summed E-state index contributed by atoms with van der Waals surface area (Å²) in [4.78, 5) is 19.7. The minimum Gasteiger partial charge on any atom is -0.363 e. The Bertz CT molecular complexity index is 141. The summed E-state index contributed by atoms with van der Waals surface area (Å²) in [6, 6.07) is 0. The highest BCUT2D eigenvalue weighted by molar-refractivity contribution is 6.40. The molecule has 1 amide bonds. The number of carbonyl (C=O) groups is 2. The van der Waals surface area contributed by atoms with Crippen molar-refractivity contribution in [1.29, 1.82) is 0 Å². The van der Waals surface area contributed by atoms with E-state index in [0.29, 0.717) is 6.08 Å². The van der Waals surface area contributed by atoms with E-state index in [-0.39, 0.29) is 6.33 Å². The van der Waals surface area contributed by atoms with E-state index in [1.165, 1.54) is 0 Å². The monoisotopic (exact) mass is 117 g/mol. The number of hydrogen-bond acceptors (Lipinski definition) is 2. The van der Waals surface area contributed by atoms with Crippen molar-refractivity contribution >= 4 is 11.7 Å². The van der Waals surface area contributed by atoms with Gasteiger partial charge in [0.25, 0.3) is 5.91 Å². The summed E-state index contributed by atoms with van der Waals surface area (Å²) in [7, 11) is 0. The number of amides is 1. The van der Waals surface area contributed by atoms with E-state index >= 15 is 0 Å². The molecule has 0 rings (SSSR count). The van der Waals surface area contributed by atoms with Gasteiger partial charge in [-0.15, -0.1) is 0 Å². The molecule has 44 valence electrons. The van der Waals surface area contributed by atoms with Crippen molar-refractivity contribution < 1.29 is 14.0 Å². The third kappa shape index (κ3) is 2.07. The number of rotatable bonds is 2. The molecule has 0 fully saturated rings. The van der Waals surface area contributed by atoms with Crippen LogP contribution in [0.2, 0.25) is 0 Å². The molecule has 0 aromatic heterocycles. The van der Waals surface area contributed by atoms with Gasteiger partial charge < -0.3 is 5.73 Å². The Balaban J connectivity index is 3.85. The number of carbonyl (C=O) groups excluding carboxylic acids is 2. The maximum Gasteiger partial charge on any atom is 0.289 e. The van der Waals surface area contributed by atoms with E-state index in [2.05, 4.69) is 5.73 Å². The molecule has 0 spiro atoms. The SMILES string of the molecule is NC(=O)C(=O)C=CF. The van der Waals surface area contributed by atoms with Crippen LogP contribution in [0.5, 0.6) is 0 Å². The highest BCUT2D eigenvalue weighted by Crippen LogP contribution is 1.74. The average Bonchev–Trinajstić information content (AvgIpc) is 1.67. The lowest BCUT2D eigenvalue weighted by Gasteiger charge is -1.78. The van der Waals surface area contributed by atoms with Crippen LogP contribution in [0, 0.1) is 0 Å². The van der Waals surface area contributed by atoms with Crippen LogP contribution in [-0.4, -0.2) is 11.7 Å². The second-order valence-electron chi connectivity index (χ2n) is 1.02. The molecule has 0 aliphatic rings. The van der Waals surface area contributed by atoms with E-state index in [9.17, 15) is 14.0 Å². The molecule has 0 heterocycles. The van der Waals surface area contributed by atoms with Gasteiger partial charge in [-0.1, -0.05) is 0 Å². The van der Waals surface area contributed by atoms with Crippen LogP contribution < -0.4 is 5.73 Å². The molecule has 2 N–H and O–H groups in total. The first-order valence-corrected chi connectivity index (χ1v) is 1.79. The molecule has 0 aromatic rings. The fraction of sp³-hybridized carbons (Fsp3) is 0. The zero-order valence-corrected chi connectivity index (χ0v) is 3.93. The molecule has 0 aliphatic carbocycles. The van der Waals surface area contributed by atoms with Gasteiger partial charge in [-0.05, 0) is 0 Å². The van der Waals surface area contributed by atoms with Gasteiger partial charge in [0.05, 0.1) is 6.33 Å². The van der Waals surface area contributed by atoms with Crippen molar-refractivity contribution in [3.8, 4) is 0 Å². The Labute approximate surface area is 45.0 Å². The lowest BCUT2D eigenvalue weighted by atomic mass is 10.4. The largest absolute Gasteiger partial charge is 0.363 e. The molecule has 0 aliphatic heterocycles. The molecular formula is C4H4FNO2. The van der Waals surface area contributed by atoms with Gasteiger partial charge in [0, 0.05) is 6.08 Å². The van der Waals surface area contributed by atoms with E-state index in [1.54, 1.807) is 0 Å². The highest BCUT2D eigenvalue weighted by atomic mass is 19.1. The second-order valence-corrected chi connectivity index (χ2v) is 1.02. The first-order valence-electron chi connectivity index (χ1n) is 1.79. The van der Waals surface area contributed by atoms with Crippen LogP contribution >= 0.6 is 0 Å². The molecule has 0 unspecified atom stereocenters. The second kappa shape index (κ2) is 2.90. The van der Waals surface area contributed by atoms with Gasteiger partial charge in [0.1, 0.15) is 0 Å². The predicted octanol–water partition coefficient (Wildman–Crippen LogP) is -0.476. The first-order chi connectivity index (χ1) is 3.68. The molecule has 0 radical (unpaired) electrons. The zero-order chi connectivity index (χ0) is 6.57. The maximum absolute atomic E-state index is 11.0. The number of nitrogens with two attached hydrogens (primary N) is 1. The van der Waals surface area contributed by atoms with Crippen LogP contribution in [0.25, 0.3) is 0 Å². The molecule has 8 heavy (non-hydrogen) atoms. The molecule has 0 saturated heterocycles. The quantitative estimate of drug-likeness (QED) is 0.392. The highest BCUT2D eigenvalue weighted by Gasteiger charge is 2.01. The van der Waals surface area contributed by atoms with E-state index in [0.717, 1.165) is 0 Å². The standard InChI is InChI=1S/C4H4FNO2/c5-2-1-3(7)4(6)8/h1-2H,(H2,6,8). The van der Waals surface area contributed by atoms with Crippen LogP contribution in [0.1, 0.15) is 0 Å². The Hall–Kier alpha value is -1.19. The summed E-state index contributed by atoms with van der Waals surface area (Å²) in [5.74, 6) is -2.19. The van der Waals surface area contributed by atoms with Crippen LogP contribution in [0.15, 0.2) is 12.4 Å². The zero-order valence-electron chi connectivity index (χ0n) is 3.93. The maximum atomic E-state index is 11.0. The lowest BCUT2D eigenvalue weighted by molar-refractivity contribution is -0.133. The fourth-order valence-corrected chi connectivity index (χ4v) is 0.139. The molecule has 0 aromatic carbocycles. The van der Waals surface area contributed by atoms with Gasteiger partial charge in [0.2, 0.25) is 5.78 Å². The van der Waals surface area contributed by atoms with Gasteiger partial charge in [-0.25, -0.2) is 4.39 Å². The Morgan fingerprint density at radius 3 is 2.12 bits per heavy atom. The van der Waals surface area contributed by atoms with Crippen molar-refractivity contribution in [2.75, 3.05) is 0 Å². The van der Waals surface area contributed by atoms with Crippen LogP contribution in [-0.2, 0) is 9.59 Å². The number of halogens is 1. The smallest absolute Gasteiger partial charge is 0.289 e. The van der Waals surface area contributed by atoms with Crippen LogP contribution in [0.4, 0.5) is 4.39 Å². The van der Waals surface area contributed by atoms with Crippen molar-refractivity contribution in [1.82, 2.24) is 0 Å². The average molecular weight is 117 g/mol. The summed E-state index contributed by atoms with van der Waals surface area (Å²) in [5, 5.41) is 0. The Kier molecular flexibility index (Phi) is 2.47. The van der Waals surface area contributed by atoms with Gasteiger partial charge >= 0.3 is 0 Å². The summed E-state index contributed by atoms with van der Waals surface area (Å²) in [5.41, 5.74) is 4.42. The van der Waals surface area contributed by atoms with Gasteiger partial charge in [-0.2, -0.15) is 0 Å². The molecule has 3 nitrogen and oxygen atoms in total. The predicted molar refractivity (Wildman–Crippen MR) is 24.4 cm³/mol. The minimum atomic E-state index is -1.15. The third-order valence-corrected chi connectivity index (χ3v) is 0.457. The molecule has 0 saturated carbocycles. The van der Waals surface area contributed by atoms with E-state index in [4.69, 9.17) is 0 Å². The molecule has 0 bridgehead atoms. The number of hydrogen-bond donors (Lipinski definition) is 1. The number of primary amides is 1. The topological polar surface area (TPSA) is 60.2 Å². The first kappa shape index (κ1) is 6.81. The molecule has 0 atom stereocenters. The summed E-state index contributed by atoms with van der Waals surface area (Å²) >= 11 is 0. The van der Waals surface area contributed by atoms with Crippen molar-refractivity contribution in [2.45, 2.75) is 0 Å². The summed E-state index contributed by atoms with van der Waals surface area (Å²) in [6.45, 7) is 0. The normalized spacial score (nSPS) is 9.62. The lowest BCUT2D eigenvalue weighted by Crippen LogP contribution is -2.20. The summed E-state index contributed by atoms with van der Waals surface area (Å²) < 4.78 is 11.0. The van der Waals surface area contributed by atoms with Gasteiger partial charge in [0.15, 0.2) is 0 Å². The molecule has 4 heteroatoms. The Morgan fingerprint density at radius 1 is 1.50 bits per heavy atom. The molecular weight excluding hydrogens is 113 g/mol. The third-order valence-electron chi connectivity index (χ3n) is 0.457. The summed E-state index contributed by atoms with van der Waals surface area (Å²) in [6.07, 6.45) is 0.426. The van der Waals surface area contributed by atoms with Gasteiger partial charge in [-0.3, -0.25) is 9.59 Å².